The molecule has 15 amide bonds. The number of benzene rings is 4. The summed E-state index contributed by atoms with van der Waals surface area (Å²) < 4.78 is 0. The average Bonchev–Trinajstić information content (AvgIpc) is 1.55. The molecule has 2 aliphatic rings. The molecule has 7 rings (SSSR count). The van der Waals surface area contributed by atoms with Crippen molar-refractivity contribution < 1.29 is 82.1 Å². The number of para-hydroxylation sites is 1. The van der Waals surface area contributed by atoms with Crippen LogP contribution in [-0.4, -0.2) is 281 Å². The lowest BCUT2D eigenvalue weighted by Gasteiger charge is -2.35. The number of carbonyl (C=O) groups is 15. The van der Waals surface area contributed by atoms with Crippen molar-refractivity contribution in [3.05, 3.63) is 138 Å². The first-order valence-electron chi connectivity index (χ1n) is 37.7. The highest BCUT2D eigenvalue weighted by Crippen LogP contribution is 2.25. The highest BCUT2D eigenvalue weighted by Gasteiger charge is 2.43. The van der Waals surface area contributed by atoms with Crippen molar-refractivity contribution in [2.45, 2.75) is 146 Å². The van der Waals surface area contributed by atoms with Gasteiger partial charge in [-0.1, -0.05) is 105 Å². The number of rotatable bonds is 17. The number of nitrogens with two attached hydrogens (primary N) is 2. The van der Waals surface area contributed by atoms with E-state index in [2.05, 4.69) is 63.5 Å². The molecule has 11 atom stereocenters. The fourth-order valence-corrected chi connectivity index (χ4v) is 13.3. The van der Waals surface area contributed by atoms with Crippen LogP contribution in [0.3, 0.4) is 0 Å². The zero-order valence-corrected chi connectivity index (χ0v) is 65.6. The van der Waals surface area contributed by atoms with Crippen LogP contribution in [0.2, 0.25) is 0 Å². The summed E-state index contributed by atoms with van der Waals surface area (Å²) in [4.78, 5) is 223. The second-order valence-corrected chi connectivity index (χ2v) is 28.9. The number of phenols is 1. The largest absolute Gasteiger partial charge is 0.508 e. The molecule has 4 aromatic carbocycles. The molecule has 0 bridgehead atoms. The lowest BCUT2D eigenvalue weighted by atomic mass is 10.00. The highest BCUT2D eigenvalue weighted by molar-refractivity contribution is 6.00. The fraction of sp³-hybridized carbons (Fsp3) is 0.462. The van der Waals surface area contributed by atoms with Crippen molar-refractivity contribution in [3.8, 4) is 5.75 Å². The molecule has 19 N–H and O–H groups in total. The summed E-state index contributed by atoms with van der Waals surface area (Å²) in [7, 11) is 5.23. The van der Waals surface area contributed by atoms with E-state index in [1.165, 1.54) is 71.2 Å². The van der Waals surface area contributed by atoms with Crippen LogP contribution in [0.25, 0.3) is 10.9 Å². The van der Waals surface area contributed by atoms with Crippen LogP contribution in [0.15, 0.2) is 115 Å². The first-order valence-corrected chi connectivity index (χ1v) is 37.7. The summed E-state index contributed by atoms with van der Waals surface area (Å²) in [6.45, 7) is 1.41. The number of guanidine groups is 1. The molecule has 37 heteroatoms. The third kappa shape index (κ3) is 26.0. The van der Waals surface area contributed by atoms with Crippen molar-refractivity contribution in [1.29, 1.82) is 5.41 Å². The summed E-state index contributed by atoms with van der Waals surface area (Å²) in [6.07, 6.45) is 1.24. The van der Waals surface area contributed by atoms with Gasteiger partial charge in [0.05, 0.1) is 32.8 Å². The number of hydrogen-bond donors (Lipinski definition) is 17. The zero-order valence-electron chi connectivity index (χ0n) is 65.6. The Labute approximate surface area is 665 Å². The van der Waals surface area contributed by atoms with Gasteiger partial charge >= 0.3 is 0 Å². The molecule has 0 saturated carbocycles. The molecule has 1 aromatic heterocycles. The normalized spacial score (nSPS) is 23.6. The van der Waals surface area contributed by atoms with E-state index < -0.39 is 206 Å². The van der Waals surface area contributed by atoms with Crippen molar-refractivity contribution in [2.75, 3.05) is 80.6 Å². The monoisotopic (exact) mass is 1590 g/mol. The number of likely N-dealkylation sites (N-methyl/N-ethyl adjacent to an activating group) is 4. The van der Waals surface area contributed by atoms with Crippen LogP contribution < -0.4 is 70.0 Å². The van der Waals surface area contributed by atoms with Gasteiger partial charge in [-0.25, -0.2) is 0 Å². The van der Waals surface area contributed by atoms with Crippen molar-refractivity contribution in [3.63, 3.8) is 0 Å². The molecule has 3 heterocycles. The number of nitrogens with one attached hydrogen (secondary N) is 13. The van der Waals surface area contributed by atoms with Gasteiger partial charge in [0, 0.05) is 90.6 Å². The molecule has 37 nitrogen and oxygen atoms in total. The van der Waals surface area contributed by atoms with Crippen LogP contribution >= 0.6 is 0 Å². The summed E-state index contributed by atoms with van der Waals surface area (Å²) in [6, 6.07) is 14.1. The number of aromatic nitrogens is 1. The van der Waals surface area contributed by atoms with Crippen molar-refractivity contribution in [1.82, 2.24) is 88.0 Å². The molecule has 620 valence electrons. The molecule has 115 heavy (non-hydrogen) atoms. The summed E-state index contributed by atoms with van der Waals surface area (Å²) in [5.74, 6) is -14.3. The van der Waals surface area contributed by atoms with Crippen LogP contribution in [0, 0.1) is 11.3 Å². The summed E-state index contributed by atoms with van der Waals surface area (Å²) in [5.41, 5.74) is 13.8. The van der Waals surface area contributed by atoms with Gasteiger partial charge in [-0.05, 0) is 85.9 Å². The molecule has 2 aliphatic heterocycles. The SMILES string of the molecule is CC(C)C1NC(=O)[C@H](C)NC(=O)[C@H](C)N(C)C(=O)[C@@H](Cc2c[nH]c3ccccc23)NC(=O)CNC[C@@H](C(=O)NCC(N)=O)NC(=O)[C@@H]2CCCN2C(=O)[C@H](Cc2ccccc2)N(C)C(=O)[C@H](Cc2ccc(O)cc2)NC(=O)CN(C)C(=O)[C@H](Cc2ccccc2)N(C)C(=O)[C@H](CCCNC(=N)N)NC(=O)CNC(=O)[C@H](CO)NC1=O. The number of aliphatic hydroxyl groups excluding tert-OH is 1. The van der Waals surface area contributed by atoms with E-state index in [0.29, 0.717) is 33.2 Å². The maximum atomic E-state index is 15.5. The van der Waals surface area contributed by atoms with E-state index in [-0.39, 0.29) is 70.2 Å². The maximum absolute atomic E-state index is 15.5. The summed E-state index contributed by atoms with van der Waals surface area (Å²) in [5, 5.41) is 57.4. The Bertz CT molecular complexity index is 4300. The molecule has 1 unspecified atom stereocenters. The second kappa shape index (κ2) is 42.9. The molecule has 0 radical (unpaired) electrons. The third-order valence-electron chi connectivity index (χ3n) is 19.9. The quantitative estimate of drug-likeness (QED) is 0.0238. The maximum Gasteiger partial charge on any atom is 0.246 e. The van der Waals surface area contributed by atoms with Gasteiger partial charge in [0.15, 0.2) is 5.96 Å². The van der Waals surface area contributed by atoms with E-state index in [4.69, 9.17) is 16.9 Å². The lowest BCUT2D eigenvalue weighted by Crippen LogP contribution is -2.60. The predicted octanol–water partition coefficient (Wildman–Crippen LogP) is -4.26. The van der Waals surface area contributed by atoms with E-state index in [9.17, 15) is 67.7 Å². The first kappa shape index (κ1) is 89.7. The molecular weight excluding hydrogens is 1490 g/mol. The number of fused-ring (bicyclic) bond motifs is 2. The van der Waals surface area contributed by atoms with Crippen LogP contribution in [0.4, 0.5) is 0 Å². The van der Waals surface area contributed by atoms with Crippen LogP contribution in [-0.2, 0) is 97.6 Å². The number of phenolic OH excluding ortho intramolecular Hbond substituents is 1. The predicted molar refractivity (Wildman–Crippen MR) is 420 cm³/mol. The number of aromatic amines is 1. The number of nitrogens with zero attached hydrogens (tertiary/aromatic N) is 5. The number of aromatic hydroxyl groups is 1. The van der Waals surface area contributed by atoms with Crippen molar-refractivity contribution >= 4 is 105 Å². The lowest BCUT2D eigenvalue weighted by molar-refractivity contribution is -0.149. The fourth-order valence-electron chi connectivity index (χ4n) is 13.3. The van der Waals surface area contributed by atoms with E-state index in [1.807, 2.05) is 0 Å². The number of aliphatic hydroxyl groups is 1. The van der Waals surface area contributed by atoms with Crippen molar-refractivity contribution in [2.24, 2.45) is 17.4 Å². The van der Waals surface area contributed by atoms with Gasteiger partial charge in [-0.2, -0.15) is 0 Å². The minimum atomic E-state index is -1.73. The van der Waals surface area contributed by atoms with Crippen LogP contribution in [0.5, 0.6) is 5.75 Å². The van der Waals surface area contributed by atoms with E-state index >= 15 is 14.4 Å². The highest BCUT2D eigenvalue weighted by atomic mass is 16.3. The minimum absolute atomic E-state index is 0.0191. The Morgan fingerprint density at radius 2 is 1.14 bits per heavy atom. The number of hydrogen-bond acceptors (Lipinski definition) is 19. The van der Waals surface area contributed by atoms with Gasteiger partial charge in [0.2, 0.25) is 88.6 Å². The van der Waals surface area contributed by atoms with E-state index in [1.54, 1.807) is 105 Å². The molecule has 0 aliphatic carbocycles. The van der Waals surface area contributed by atoms with E-state index in [0.717, 1.165) is 19.6 Å². The summed E-state index contributed by atoms with van der Waals surface area (Å²) >= 11 is 0. The van der Waals surface area contributed by atoms with Gasteiger partial charge in [0.1, 0.15) is 72.2 Å². The standard InChI is InChI=1S/C78H106N20O17/c1-44(2)66-72(110)92-58(43-99)70(108)86-41-64(103)88-54(25-17-31-83-78(80)81)73(111)96(7)60(34-47-19-11-9-12-20-47)76(114)94(5)42-65(104)90-55(33-49-27-29-51(100)30-28-49)75(113)97(8)61(35-48-21-13-10-14-22-48)77(115)98-32-18-26-59(98)71(109)91-57(69(107)85-39-62(79)101)38-82-40-63(102)89-56(36-50-37-84-53-24-16-15-23-52(50)53)74(112)95(6)46(4)68(106)87-45(3)67(105)93-66/h9-16,19-24,27-30,37,44-46,54-61,66,82,84,99-100H,17-18,25-26,31-36,38-43H2,1-8H3,(H2,79,101)(H,85,107)(H,86,108)(H,87,106)(H,88,103)(H,89,102)(H,90,104)(H,91,109)(H,92,110)(H,93,105)(H4,80,81,83)/t45-,46-,54-,55-,56+,57-,58-,59-,60-,61-,66?/m0/s1. The third-order valence-corrected chi connectivity index (χ3v) is 19.9. The molecule has 0 spiro atoms. The number of H-pyrrole nitrogens is 1. The van der Waals surface area contributed by atoms with Gasteiger partial charge in [-0.15, -0.1) is 0 Å². The van der Waals surface area contributed by atoms with Gasteiger partial charge in [-0.3, -0.25) is 77.3 Å². The smallest absolute Gasteiger partial charge is 0.246 e. The topological polar surface area (TPSA) is 537 Å². The molecule has 5 aromatic rings. The Kier molecular flexibility index (Phi) is 33.5. The number of amides is 15. The average molecular weight is 1600 g/mol. The number of carbonyl (C=O) groups excluding carboxylic acids is 15. The Balaban J connectivity index is 1.24. The second-order valence-electron chi connectivity index (χ2n) is 28.9. The van der Waals surface area contributed by atoms with Gasteiger partial charge in [0.25, 0.3) is 0 Å². The van der Waals surface area contributed by atoms with Crippen LogP contribution in [0.1, 0.15) is 75.6 Å². The Morgan fingerprint density at radius 3 is 1.76 bits per heavy atom. The Hall–Kier alpha value is -12.5. The Morgan fingerprint density at radius 1 is 0.574 bits per heavy atom. The minimum Gasteiger partial charge on any atom is -0.508 e. The molecule has 2 fully saturated rings. The molecule has 2 saturated heterocycles. The van der Waals surface area contributed by atoms with Gasteiger partial charge < -0.3 is 110 Å². The first-order chi connectivity index (χ1) is 54.6. The number of primary amides is 1. The zero-order chi connectivity index (χ0) is 84.3. The molecular formula is C78H106N20O17.